The second-order valence-corrected chi connectivity index (χ2v) is 4.67. The molecule has 2 N–H and O–H groups in total. The highest BCUT2D eigenvalue weighted by atomic mass is 16.2. The van der Waals surface area contributed by atoms with Crippen LogP contribution in [0.4, 0.5) is 0 Å². The normalized spacial score (nSPS) is 26.7. The quantitative estimate of drug-likeness (QED) is 0.697. The van der Waals surface area contributed by atoms with Crippen molar-refractivity contribution >= 4 is 11.8 Å². The number of hydrogen-bond donors (Lipinski definition) is 1. The molecule has 2 heterocycles. The third-order valence-corrected chi connectivity index (χ3v) is 3.44. The van der Waals surface area contributed by atoms with Crippen molar-refractivity contribution in [1.29, 1.82) is 0 Å². The van der Waals surface area contributed by atoms with Crippen molar-refractivity contribution in [2.24, 2.45) is 11.7 Å². The van der Waals surface area contributed by atoms with Gasteiger partial charge < -0.3 is 5.73 Å². The number of nitrogens with two attached hydrogens (primary N) is 1. The fourth-order valence-electron chi connectivity index (χ4n) is 2.44. The first-order valence-electron chi connectivity index (χ1n) is 5.96. The minimum atomic E-state index is -0.0415. The van der Waals surface area contributed by atoms with Crippen molar-refractivity contribution in [1.82, 2.24) is 9.80 Å². The third kappa shape index (κ3) is 2.41. The number of rotatable bonds is 3. The molecule has 1 atom stereocenters. The molecule has 0 saturated carbocycles. The van der Waals surface area contributed by atoms with Gasteiger partial charge in [-0.3, -0.25) is 19.4 Å². The predicted octanol–water partition coefficient (Wildman–Crippen LogP) is -0.584. The molecule has 2 aliphatic rings. The van der Waals surface area contributed by atoms with Gasteiger partial charge in [-0.1, -0.05) is 0 Å². The smallest absolute Gasteiger partial charge is 0.243 e. The largest absolute Gasteiger partial charge is 0.330 e. The number of hydrogen-bond acceptors (Lipinski definition) is 4. The number of amides is 2. The van der Waals surface area contributed by atoms with Gasteiger partial charge in [0.15, 0.2) is 0 Å². The van der Waals surface area contributed by atoms with Gasteiger partial charge in [0.05, 0.1) is 6.54 Å². The standard InChI is InChI=1S/C11H19N3O2/c12-6-9-3-5-13(7-9)8-11(16)14-4-1-2-10(14)15/h9H,1-8,12H2. The Hall–Kier alpha value is -0.940. The highest BCUT2D eigenvalue weighted by Gasteiger charge is 2.29. The summed E-state index contributed by atoms with van der Waals surface area (Å²) in [6, 6.07) is 0. The van der Waals surface area contributed by atoms with Gasteiger partial charge in [-0.25, -0.2) is 0 Å². The fraction of sp³-hybridized carbons (Fsp3) is 0.818. The van der Waals surface area contributed by atoms with Crippen LogP contribution >= 0.6 is 0 Å². The molecule has 0 aromatic heterocycles. The monoisotopic (exact) mass is 225 g/mol. The molecule has 90 valence electrons. The third-order valence-electron chi connectivity index (χ3n) is 3.44. The molecule has 16 heavy (non-hydrogen) atoms. The molecule has 0 bridgehead atoms. The van der Waals surface area contributed by atoms with Crippen LogP contribution in [0.1, 0.15) is 19.3 Å². The van der Waals surface area contributed by atoms with E-state index in [0.29, 0.717) is 32.0 Å². The van der Waals surface area contributed by atoms with E-state index in [2.05, 4.69) is 4.90 Å². The van der Waals surface area contributed by atoms with E-state index in [1.54, 1.807) is 0 Å². The Kier molecular flexibility index (Phi) is 3.56. The first-order chi connectivity index (χ1) is 7.70. The molecule has 5 heteroatoms. The van der Waals surface area contributed by atoms with Crippen LogP contribution in [0.5, 0.6) is 0 Å². The van der Waals surface area contributed by atoms with Crippen molar-refractivity contribution in [3.63, 3.8) is 0 Å². The van der Waals surface area contributed by atoms with Gasteiger partial charge in [0.25, 0.3) is 0 Å². The summed E-state index contributed by atoms with van der Waals surface area (Å²) in [5.74, 6) is 0.460. The van der Waals surface area contributed by atoms with Gasteiger partial charge in [-0.05, 0) is 31.8 Å². The molecule has 1 unspecified atom stereocenters. The fourth-order valence-corrected chi connectivity index (χ4v) is 2.44. The number of imide groups is 1. The average molecular weight is 225 g/mol. The SMILES string of the molecule is NCC1CCN(CC(=O)N2CCCC2=O)C1. The van der Waals surface area contributed by atoms with Gasteiger partial charge in [0.1, 0.15) is 0 Å². The summed E-state index contributed by atoms with van der Waals surface area (Å²) < 4.78 is 0. The van der Waals surface area contributed by atoms with Crippen LogP contribution in [0.25, 0.3) is 0 Å². The van der Waals surface area contributed by atoms with Crippen molar-refractivity contribution in [3.8, 4) is 0 Å². The Morgan fingerprint density at radius 2 is 2.25 bits per heavy atom. The number of likely N-dealkylation sites (tertiary alicyclic amines) is 2. The van der Waals surface area contributed by atoms with Crippen LogP contribution in [-0.4, -0.2) is 54.3 Å². The van der Waals surface area contributed by atoms with Crippen molar-refractivity contribution < 1.29 is 9.59 Å². The van der Waals surface area contributed by atoms with E-state index in [-0.39, 0.29) is 11.8 Å². The maximum absolute atomic E-state index is 11.8. The maximum atomic E-state index is 11.8. The zero-order valence-electron chi connectivity index (χ0n) is 9.52. The molecule has 0 aliphatic carbocycles. The molecular formula is C11H19N3O2. The number of carbonyl (C=O) groups excluding carboxylic acids is 2. The topological polar surface area (TPSA) is 66.6 Å². The Bertz CT molecular complexity index is 293. The van der Waals surface area contributed by atoms with Gasteiger partial charge in [0, 0.05) is 19.5 Å². The predicted molar refractivity (Wildman–Crippen MR) is 59.6 cm³/mol. The van der Waals surface area contributed by atoms with Crippen molar-refractivity contribution in [3.05, 3.63) is 0 Å². The molecule has 2 fully saturated rings. The van der Waals surface area contributed by atoms with E-state index in [0.717, 1.165) is 25.9 Å². The van der Waals surface area contributed by atoms with Crippen LogP contribution in [0.3, 0.4) is 0 Å². The summed E-state index contributed by atoms with van der Waals surface area (Å²) in [6.45, 7) is 3.49. The molecule has 2 rings (SSSR count). The molecule has 0 aromatic carbocycles. The van der Waals surface area contributed by atoms with E-state index in [1.165, 1.54) is 4.90 Å². The van der Waals surface area contributed by atoms with Crippen LogP contribution in [0, 0.1) is 5.92 Å². The van der Waals surface area contributed by atoms with E-state index >= 15 is 0 Å². The second kappa shape index (κ2) is 4.93. The lowest BCUT2D eigenvalue weighted by Gasteiger charge is -2.19. The van der Waals surface area contributed by atoms with Gasteiger partial charge in [-0.15, -0.1) is 0 Å². The van der Waals surface area contributed by atoms with Crippen LogP contribution in [0.15, 0.2) is 0 Å². The Morgan fingerprint density at radius 1 is 1.44 bits per heavy atom. The Labute approximate surface area is 95.6 Å². The molecule has 5 nitrogen and oxygen atoms in total. The summed E-state index contributed by atoms with van der Waals surface area (Å²) in [4.78, 5) is 26.7. The molecule has 0 radical (unpaired) electrons. The van der Waals surface area contributed by atoms with Gasteiger partial charge in [-0.2, -0.15) is 0 Å². The van der Waals surface area contributed by atoms with Crippen LogP contribution in [0.2, 0.25) is 0 Å². The zero-order valence-corrected chi connectivity index (χ0v) is 9.52. The molecule has 2 saturated heterocycles. The summed E-state index contributed by atoms with van der Waals surface area (Å²) in [7, 11) is 0. The number of nitrogens with zero attached hydrogens (tertiary/aromatic N) is 2. The molecule has 2 aliphatic heterocycles. The maximum Gasteiger partial charge on any atom is 0.243 e. The van der Waals surface area contributed by atoms with Crippen LogP contribution in [-0.2, 0) is 9.59 Å². The lowest BCUT2D eigenvalue weighted by Crippen LogP contribution is -2.40. The molecule has 0 aromatic rings. The summed E-state index contributed by atoms with van der Waals surface area (Å²) in [5.41, 5.74) is 5.59. The molecular weight excluding hydrogens is 206 g/mol. The highest BCUT2D eigenvalue weighted by Crippen LogP contribution is 2.16. The van der Waals surface area contributed by atoms with E-state index in [4.69, 9.17) is 5.73 Å². The average Bonchev–Trinajstić information content (AvgIpc) is 2.86. The molecule has 0 spiro atoms. The first kappa shape index (κ1) is 11.5. The summed E-state index contributed by atoms with van der Waals surface area (Å²) in [6.07, 6.45) is 2.41. The Balaban J connectivity index is 1.81. The van der Waals surface area contributed by atoms with Crippen molar-refractivity contribution in [2.45, 2.75) is 19.3 Å². The second-order valence-electron chi connectivity index (χ2n) is 4.67. The first-order valence-corrected chi connectivity index (χ1v) is 5.96. The lowest BCUT2D eigenvalue weighted by atomic mass is 10.1. The lowest BCUT2D eigenvalue weighted by molar-refractivity contribution is -0.142. The summed E-state index contributed by atoms with van der Waals surface area (Å²) in [5, 5.41) is 0. The van der Waals surface area contributed by atoms with Gasteiger partial charge >= 0.3 is 0 Å². The minimum absolute atomic E-state index is 0.0143. The van der Waals surface area contributed by atoms with E-state index in [9.17, 15) is 9.59 Å². The van der Waals surface area contributed by atoms with Gasteiger partial charge in [0.2, 0.25) is 11.8 Å². The molecule has 2 amide bonds. The van der Waals surface area contributed by atoms with E-state index in [1.807, 2.05) is 0 Å². The minimum Gasteiger partial charge on any atom is -0.330 e. The van der Waals surface area contributed by atoms with Crippen molar-refractivity contribution in [2.75, 3.05) is 32.7 Å². The highest BCUT2D eigenvalue weighted by molar-refractivity contribution is 5.97. The van der Waals surface area contributed by atoms with Crippen LogP contribution < -0.4 is 5.73 Å². The Morgan fingerprint density at radius 3 is 2.81 bits per heavy atom. The summed E-state index contributed by atoms with van der Waals surface area (Å²) >= 11 is 0. The number of carbonyl (C=O) groups is 2. The van der Waals surface area contributed by atoms with E-state index < -0.39 is 0 Å². The zero-order chi connectivity index (χ0) is 11.5.